The molecule has 0 fully saturated rings. The monoisotopic (exact) mass is 388 g/mol. The summed E-state index contributed by atoms with van der Waals surface area (Å²) in [7, 11) is 0. The smallest absolute Gasteiger partial charge is 0.165 e. The number of Topliss-reactive ketones (excluding diaryl/α,β-unsaturated/α-hetero) is 1. The molecule has 1 aliphatic rings. The van der Waals surface area contributed by atoms with E-state index >= 15 is 0 Å². The second-order valence-electron chi connectivity index (χ2n) is 7.19. The maximum absolute atomic E-state index is 12.7. The molecule has 0 unspecified atom stereocenters. The highest BCUT2D eigenvalue weighted by Crippen LogP contribution is 2.40. The molecular weight excluding hydrogens is 370 g/mol. The van der Waals surface area contributed by atoms with Crippen LogP contribution in [0, 0.1) is 12.3 Å². The molecule has 0 radical (unpaired) electrons. The van der Waals surface area contributed by atoms with Gasteiger partial charge in [0, 0.05) is 45.9 Å². The molecule has 0 bridgehead atoms. The molecule has 3 rings (SSSR count). The van der Waals surface area contributed by atoms with Crippen molar-refractivity contribution in [3.63, 3.8) is 0 Å². The van der Waals surface area contributed by atoms with Gasteiger partial charge in [-0.05, 0) is 48.6 Å². The minimum atomic E-state index is -1.16. The topological polar surface area (TPSA) is 62.1 Å². The van der Waals surface area contributed by atoms with Gasteiger partial charge in [0.25, 0.3) is 0 Å². The largest absolute Gasteiger partial charge is 0.550 e. The van der Waals surface area contributed by atoms with E-state index in [9.17, 15) is 14.7 Å². The van der Waals surface area contributed by atoms with Gasteiger partial charge in [-0.15, -0.1) is 0 Å². The van der Waals surface area contributed by atoms with Gasteiger partial charge in [0.1, 0.15) is 0 Å². The molecule has 1 aromatic carbocycles. The van der Waals surface area contributed by atoms with Gasteiger partial charge in [0.2, 0.25) is 0 Å². The molecule has 0 amide bonds. The minimum Gasteiger partial charge on any atom is -0.550 e. The lowest BCUT2D eigenvalue weighted by Crippen LogP contribution is -2.29. The molecule has 0 spiro atoms. The maximum atomic E-state index is 12.7. The molecule has 1 aliphatic carbocycles. The summed E-state index contributed by atoms with van der Waals surface area (Å²) >= 11 is 3.43. The third-order valence-corrected chi connectivity index (χ3v) is 5.13. The van der Waals surface area contributed by atoms with Gasteiger partial charge in [-0.2, -0.15) is 0 Å². The zero-order chi connectivity index (χ0) is 17.6. The zero-order valence-corrected chi connectivity index (χ0v) is 15.6. The van der Waals surface area contributed by atoms with Gasteiger partial charge in [-0.25, -0.2) is 0 Å². The number of hydrogen-bond donors (Lipinski definition) is 0. The van der Waals surface area contributed by atoms with Crippen LogP contribution in [0.3, 0.4) is 0 Å². The number of hydrogen-bond acceptors (Lipinski definition) is 3. The Morgan fingerprint density at radius 1 is 1.25 bits per heavy atom. The van der Waals surface area contributed by atoms with Crippen LogP contribution >= 0.6 is 15.9 Å². The first-order valence-electron chi connectivity index (χ1n) is 7.91. The number of aromatic nitrogens is 1. The average molecular weight is 389 g/mol. The number of ketones is 1. The number of rotatable bonds is 3. The van der Waals surface area contributed by atoms with Crippen LogP contribution in [0.15, 0.2) is 28.7 Å². The molecule has 4 nitrogen and oxygen atoms in total. The number of nitrogens with zero attached hydrogens (tertiary/aromatic N) is 1. The Balaban J connectivity index is 2.27. The van der Waals surface area contributed by atoms with Crippen molar-refractivity contribution < 1.29 is 14.7 Å². The Kier molecular flexibility index (Phi) is 4.16. The lowest BCUT2D eigenvalue weighted by Gasteiger charge is -2.30. The molecule has 1 heterocycles. The summed E-state index contributed by atoms with van der Waals surface area (Å²) in [6, 6.07) is 7.81. The van der Waals surface area contributed by atoms with Gasteiger partial charge in [0.05, 0.1) is 0 Å². The van der Waals surface area contributed by atoms with Crippen molar-refractivity contribution in [2.45, 2.75) is 40.0 Å². The van der Waals surface area contributed by atoms with Crippen LogP contribution in [0.5, 0.6) is 0 Å². The number of fused-ring (bicyclic) bond motifs is 1. The number of aliphatic carboxylic acids is 1. The third-order valence-electron chi connectivity index (χ3n) is 4.60. The summed E-state index contributed by atoms with van der Waals surface area (Å²) in [4.78, 5) is 23.9. The molecule has 5 heteroatoms. The molecule has 0 saturated heterocycles. The fourth-order valence-electron chi connectivity index (χ4n) is 3.64. The number of carbonyl (C=O) groups is 2. The summed E-state index contributed by atoms with van der Waals surface area (Å²) in [6.45, 7) is 6.01. The van der Waals surface area contributed by atoms with Crippen LogP contribution in [0.2, 0.25) is 0 Å². The molecule has 126 valence electrons. The summed E-state index contributed by atoms with van der Waals surface area (Å²) in [6.07, 6.45) is 0.936. The van der Waals surface area contributed by atoms with Crippen LogP contribution in [0.4, 0.5) is 0 Å². The zero-order valence-electron chi connectivity index (χ0n) is 14.0. The molecule has 2 aromatic rings. The molecule has 1 aromatic heterocycles. The van der Waals surface area contributed by atoms with Crippen molar-refractivity contribution in [3.8, 4) is 5.69 Å². The maximum Gasteiger partial charge on any atom is 0.165 e. The molecule has 0 aliphatic heterocycles. The van der Waals surface area contributed by atoms with Crippen LogP contribution in [-0.2, 0) is 17.6 Å². The quantitative estimate of drug-likeness (QED) is 0.811. The first kappa shape index (κ1) is 17.0. The Morgan fingerprint density at radius 3 is 2.46 bits per heavy atom. The summed E-state index contributed by atoms with van der Waals surface area (Å²) in [5.74, 6) is -1.14. The van der Waals surface area contributed by atoms with Crippen LogP contribution < -0.4 is 5.11 Å². The van der Waals surface area contributed by atoms with E-state index in [1.54, 1.807) is 0 Å². The fraction of sp³-hybridized carbons (Fsp3) is 0.368. The lowest BCUT2D eigenvalue weighted by atomic mass is 9.75. The molecule has 24 heavy (non-hydrogen) atoms. The Hall–Kier alpha value is -1.88. The van der Waals surface area contributed by atoms with E-state index in [1.807, 2.05) is 35.8 Å². The van der Waals surface area contributed by atoms with Crippen LogP contribution in [-0.4, -0.2) is 16.3 Å². The molecule has 0 atom stereocenters. The second-order valence-corrected chi connectivity index (χ2v) is 8.10. The number of carboxylic acid groups (broad SMARTS) is 1. The summed E-state index contributed by atoms with van der Waals surface area (Å²) < 4.78 is 3.00. The van der Waals surface area contributed by atoms with Crippen molar-refractivity contribution in [1.29, 1.82) is 0 Å². The Labute approximate surface area is 149 Å². The Morgan fingerprint density at radius 2 is 1.88 bits per heavy atom. The minimum absolute atomic E-state index is 0.0245. The van der Waals surface area contributed by atoms with Crippen molar-refractivity contribution >= 4 is 27.7 Å². The molecule has 0 N–H and O–H groups in total. The standard InChI is InChI=1S/C19H20BrNO3/c1-11-14(8-17(23)24)18-15(9-19(2,3)10-16(18)22)21(11)13-6-4-12(20)5-7-13/h4-7H,8-10H2,1-3H3,(H,23,24)/p-1. The first-order chi connectivity index (χ1) is 11.2. The highest BCUT2D eigenvalue weighted by molar-refractivity contribution is 9.10. The van der Waals surface area contributed by atoms with Gasteiger partial charge < -0.3 is 14.5 Å². The lowest BCUT2D eigenvalue weighted by molar-refractivity contribution is -0.304. The normalized spacial score (nSPS) is 16.1. The van der Waals surface area contributed by atoms with Gasteiger partial charge >= 0.3 is 0 Å². The van der Waals surface area contributed by atoms with E-state index < -0.39 is 5.97 Å². The SMILES string of the molecule is Cc1c(CC(=O)[O-])c2c(n1-c1ccc(Br)cc1)CC(C)(C)CC2=O. The third kappa shape index (κ3) is 2.93. The summed E-state index contributed by atoms with van der Waals surface area (Å²) in [5, 5.41) is 11.2. The van der Waals surface area contributed by atoms with E-state index in [-0.39, 0.29) is 17.6 Å². The van der Waals surface area contributed by atoms with Crippen LogP contribution in [0.1, 0.15) is 47.6 Å². The summed E-state index contributed by atoms with van der Waals surface area (Å²) in [5.41, 5.74) is 3.68. The number of carboxylic acids is 1. The Bertz CT molecular complexity index is 831. The second kappa shape index (κ2) is 5.88. The fourth-order valence-corrected chi connectivity index (χ4v) is 3.90. The van der Waals surface area contributed by atoms with E-state index in [1.165, 1.54) is 0 Å². The van der Waals surface area contributed by atoms with Crippen LogP contribution in [0.25, 0.3) is 5.69 Å². The van der Waals surface area contributed by atoms with Crippen molar-refractivity contribution in [1.82, 2.24) is 4.57 Å². The number of carbonyl (C=O) groups excluding carboxylic acids is 2. The van der Waals surface area contributed by atoms with Crippen molar-refractivity contribution in [2.75, 3.05) is 0 Å². The number of halogens is 1. The van der Waals surface area contributed by atoms with Gasteiger partial charge in [0.15, 0.2) is 5.78 Å². The number of benzene rings is 1. The first-order valence-corrected chi connectivity index (χ1v) is 8.71. The highest BCUT2D eigenvalue weighted by atomic mass is 79.9. The average Bonchev–Trinajstić information content (AvgIpc) is 2.71. The highest BCUT2D eigenvalue weighted by Gasteiger charge is 2.36. The predicted molar refractivity (Wildman–Crippen MR) is 93.3 cm³/mol. The van der Waals surface area contributed by atoms with E-state index in [0.717, 1.165) is 28.0 Å². The van der Waals surface area contributed by atoms with Gasteiger partial charge in [-0.1, -0.05) is 29.8 Å². The molecular formula is C19H19BrNO3-. The van der Waals surface area contributed by atoms with E-state index in [2.05, 4.69) is 29.8 Å². The molecule has 0 saturated carbocycles. The van der Waals surface area contributed by atoms with Gasteiger partial charge in [-0.3, -0.25) is 4.79 Å². The van der Waals surface area contributed by atoms with E-state index in [0.29, 0.717) is 17.5 Å². The van der Waals surface area contributed by atoms with Crippen molar-refractivity contribution in [2.24, 2.45) is 5.41 Å². The predicted octanol–water partition coefficient (Wildman–Crippen LogP) is 3.00. The van der Waals surface area contributed by atoms with Crippen molar-refractivity contribution in [3.05, 3.63) is 51.3 Å². The van der Waals surface area contributed by atoms with E-state index in [4.69, 9.17) is 0 Å².